The molecule has 0 aliphatic carbocycles. The van der Waals surface area contributed by atoms with Gasteiger partial charge in [-0.25, -0.2) is 4.79 Å². The average Bonchev–Trinajstić information content (AvgIpc) is 3.02. The van der Waals surface area contributed by atoms with Crippen LogP contribution in [0, 0.1) is 0 Å². The Kier molecular flexibility index (Phi) is 3.01. The van der Waals surface area contributed by atoms with Gasteiger partial charge >= 0.3 is 12.0 Å². The molecule has 108 valence electrons. The van der Waals surface area contributed by atoms with Gasteiger partial charge in [0.2, 0.25) is 0 Å². The number of aliphatic carboxylic acids is 1. The highest BCUT2D eigenvalue weighted by molar-refractivity contribution is 6.04. The second kappa shape index (κ2) is 4.85. The van der Waals surface area contributed by atoms with E-state index in [9.17, 15) is 14.7 Å². The number of aromatic nitrogens is 4. The Bertz CT molecular complexity index is 713. The van der Waals surface area contributed by atoms with Crippen molar-refractivity contribution in [2.45, 2.75) is 5.92 Å². The van der Waals surface area contributed by atoms with Gasteiger partial charge in [-0.15, -0.1) is 5.10 Å². The van der Waals surface area contributed by atoms with Crippen molar-refractivity contribution in [2.75, 3.05) is 16.8 Å². The largest absolute Gasteiger partial charge is 0.481 e. The summed E-state index contributed by atoms with van der Waals surface area (Å²) in [4.78, 5) is 26.1. The van der Waals surface area contributed by atoms with Gasteiger partial charge in [-0.05, 0) is 16.8 Å². The minimum Gasteiger partial charge on any atom is -0.481 e. The highest BCUT2D eigenvalue weighted by Crippen LogP contribution is 2.36. The average molecular weight is 288 g/mol. The molecule has 9 nitrogen and oxygen atoms in total. The number of tetrazole rings is 1. The van der Waals surface area contributed by atoms with Crippen LogP contribution in [-0.4, -0.2) is 43.9 Å². The summed E-state index contributed by atoms with van der Waals surface area (Å²) < 4.78 is 0. The third-order valence-electron chi connectivity index (χ3n) is 3.24. The first kappa shape index (κ1) is 13.0. The van der Waals surface area contributed by atoms with Crippen molar-refractivity contribution in [3.63, 3.8) is 0 Å². The molecule has 2 aromatic rings. The van der Waals surface area contributed by atoms with Gasteiger partial charge in [-0.1, -0.05) is 23.3 Å². The SMILES string of the molecule is Cn1nnc(NC(=O)N2CC(C(=O)O)c3ccccc32)n1. The van der Waals surface area contributed by atoms with Crippen LogP contribution >= 0.6 is 0 Å². The monoisotopic (exact) mass is 288 g/mol. The lowest BCUT2D eigenvalue weighted by Gasteiger charge is -2.16. The van der Waals surface area contributed by atoms with Gasteiger partial charge in [0.25, 0.3) is 5.95 Å². The zero-order valence-electron chi connectivity index (χ0n) is 11.1. The molecule has 0 saturated carbocycles. The van der Waals surface area contributed by atoms with Crippen molar-refractivity contribution in [3.05, 3.63) is 29.8 Å². The topological polar surface area (TPSA) is 113 Å². The molecule has 1 unspecified atom stereocenters. The Morgan fingerprint density at radius 1 is 1.38 bits per heavy atom. The maximum Gasteiger partial charge on any atom is 0.328 e. The minimum absolute atomic E-state index is 0.0683. The van der Waals surface area contributed by atoms with E-state index in [0.717, 1.165) is 0 Å². The number of carboxylic acid groups (broad SMARTS) is 1. The number of fused-ring (bicyclic) bond motifs is 1. The highest BCUT2D eigenvalue weighted by Gasteiger charge is 2.36. The van der Waals surface area contributed by atoms with Crippen LogP contribution in [-0.2, 0) is 11.8 Å². The Labute approximate surface area is 119 Å². The molecule has 1 aromatic carbocycles. The summed E-state index contributed by atoms with van der Waals surface area (Å²) in [7, 11) is 1.58. The van der Waals surface area contributed by atoms with E-state index in [-0.39, 0.29) is 12.5 Å². The standard InChI is InChI=1S/C12H12N6O3/c1-17-15-11(14-16-17)13-12(21)18-6-8(10(19)20)7-4-2-3-5-9(7)18/h2-5,8H,6H2,1H3,(H,19,20)(H,13,15,21). The number of rotatable bonds is 2. The fourth-order valence-corrected chi connectivity index (χ4v) is 2.31. The van der Waals surface area contributed by atoms with Crippen LogP contribution in [0.3, 0.4) is 0 Å². The molecule has 0 spiro atoms. The van der Waals surface area contributed by atoms with Crippen molar-refractivity contribution in [1.82, 2.24) is 20.2 Å². The second-order valence-electron chi connectivity index (χ2n) is 4.59. The van der Waals surface area contributed by atoms with Crippen molar-refractivity contribution in [3.8, 4) is 0 Å². The summed E-state index contributed by atoms with van der Waals surface area (Å²) in [6, 6.07) is 6.44. The van der Waals surface area contributed by atoms with Crippen molar-refractivity contribution < 1.29 is 14.7 Å². The minimum atomic E-state index is -0.963. The van der Waals surface area contributed by atoms with Gasteiger partial charge in [0.05, 0.1) is 7.05 Å². The summed E-state index contributed by atoms with van der Waals surface area (Å²) in [6.45, 7) is 0.0702. The molecule has 0 fully saturated rings. The summed E-state index contributed by atoms with van der Waals surface area (Å²) in [5, 5.41) is 22.9. The zero-order chi connectivity index (χ0) is 15.0. The van der Waals surface area contributed by atoms with E-state index < -0.39 is 17.9 Å². The Hall–Kier alpha value is -2.97. The summed E-state index contributed by atoms with van der Waals surface area (Å²) >= 11 is 0. The van der Waals surface area contributed by atoms with Crippen LogP contribution in [0.1, 0.15) is 11.5 Å². The number of benzene rings is 1. The molecule has 2 amide bonds. The third kappa shape index (κ3) is 2.29. The fraction of sp³-hybridized carbons (Fsp3) is 0.250. The predicted octanol–water partition coefficient (Wildman–Crippen LogP) is 0.430. The molecule has 21 heavy (non-hydrogen) atoms. The van der Waals surface area contributed by atoms with E-state index in [4.69, 9.17) is 0 Å². The smallest absolute Gasteiger partial charge is 0.328 e. The van der Waals surface area contributed by atoms with Crippen LogP contribution < -0.4 is 10.2 Å². The van der Waals surface area contributed by atoms with Crippen LogP contribution in [0.15, 0.2) is 24.3 Å². The Morgan fingerprint density at radius 3 is 2.81 bits per heavy atom. The highest BCUT2D eigenvalue weighted by atomic mass is 16.4. The Balaban J connectivity index is 1.86. The number of aryl methyl sites for hydroxylation is 1. The fourth-order valence-electron chi connectivity index (χ4n) is 2.31. The lowest BCUT2D eigenvalue weighted by molar-refractivity contribution is -0.138. The van der Waals surface area contributed by atoms with Gasteiger partial charge in [0.1, 0.15) is 5.92 Å². The quantitative estimate of drug-likeness (QED) is 0.828. The van der Waals surface area contributed by atoms with Gasteiger partial charge in [-0.2, -0.15) is 4.80 Å². The van der Waals surface area contributed by atoms with E-state index in [1.807, 2.05) is 0 Å². The van der Waals surface area contributed by atoms with E-state index in [0.29, 0.717) is 11.3 Å². The third-order valence-corrected chi connectivity index (χ3v) is 3.24. The molecule has 3 rings (SSSR count). The number of carboxylic acids is 1. The number of anilines is 2. The number of urea groups is 1. The van der Waals surface area contributed by atoms with Gasteiger partial charge in [-0.3, -0.25) is 15.0 Å². The van der Waals surface area contributed by atoms with E-state index in [1.54, 1.807) is 31.3 Å². The molecule has 0 saturated heterocycles. The number of carbonyl (C=O) groups excluding carboxylic acids is 1. The molecule has 0 bridgehead atoms. The number of amides is 2. The Morgan fingerprint density at radius 2 is 2.14 bits per heavy atom. The molecule has 2 heterocycles. The van der Waals surface area contributed by atoms with Crippen molar-refractivity contribution >= 4 is 23.6 Å². The van der Waals surface area contributed by atoms with Crippen LogP contribution in [0.5, 0.6) is 0 Å². The molecule has 9 heteroatoms. The molecule has 0 radical (unpaired) electrons. The number of nitrogens with one attached hydrogen (secondary N) is 1. The number of carbonyl (C=O) groups is 2. The molecule has 1 aromatic heterocycles. The van der Waals surface area contributed by atoms with Crippen LogP contribution in [0.25, 0.3) is 0 Å². The molecule has 1 aliphatic heterocycles. The zero-order valence-corrected chi connectivity index (χ0v) is 11.1. The van der Waals surface area contributed by atoms with Gasteiger partial charge in [0.15, 0.2) is 0 Å². The summed E-state index contributed by atoms with van der Waals surface area (Å²) in [5.41, 5.74) is 1.19. The number of hydrogen-bond acceptors (Lipinski definition) is 5. The molecular formula is C12H12N6O3. The van der Waals surface area contributed by atoms with Crippen molar-refractivity contribution in [2.24, 2.45) is 7.05 Å². The maximum absolute atomic E-state index is 12.3. The maximum atomic E-state index is 12.3. The van der Waals surface area contributed by atoms with Gasteiger partial charge < -0.3 is 5.11 Å². The lowest BCUT2D eigenvalue weighted by Crippen LogP contribution is -2.35. The number of nitrogens with zero attached hydrogens (tertiary/aromatic N) is 5. The predicted molar refractivity (Wildman–Crippen MR) is 72.0 cm³/mol. The van der Waals surface area contributed by atoms with Crippen molar-refractivity contribution in [1.29, 1.82) is 0 Å². The van der Waals surface area contributed by atoms with E-state index in [1.165, 1.54) is 9.70 Å². The van der Waals surface area contributed by atoms with Crippen LogP contribution in [0.4, 0.5) is 16.4 Å². The molecule has 1 aliphatic rings. The first-order valence-corrected chi connectivity index (χ1v) is 6.20. The summed E-state index contributed by atoms with van der Waals surface area (Å²) in [5.74, 6) is -1.63. The molecule has 1 atom stereocenters. The summed E-state index contributed by atoms with van der Waals surface area (Å²) in [6.07, 6.45) is 0. The second-order valence-corrected chi connectivity index (χ2v) is 4.59. The van der Waals surface area contributed by atoms with Gasteiger partial charge in [0, 0.05) is 12.2 Å². The van der Waals surface area contributed by atoms with E-state index in [2.05, 4.69) is 20.7 Å². The number of para-hydroxylation sites is 1. The first-order valence-electron chi connectivity index (χ1n) is 6.20. The molecular weight excluding hydrogens is 276 g/mol. The first-order chi connectivity index (χ1) is 10.1. The normalized spacial score (nSPS) is 16.6. The lowest BCUT2D eigenvalue weighted by atomic mass is 10.0. The van der Waals surface area contributed by atoms with Crippen LogP contribution in [0.2, 0.25) is 0 Å². The molecule has 2 N–H and O–H groups in total. The van der Waals surface area contributed by atoms with E-state index >= 15 is 0 Å². The number of hydrogen-bond donors (Lipinski definition) is 2.